The lowest BCUT2D eigenvalue weighted by atomic mass is 10.2. The van der Waals surface area contributed by atoms with Crippen molar-refractivity contribution in [2.75, 3.05) is 0 Å². The number of hydrazone groups is 1. The fourth-order valence-electron chi connectivity index (χ4n) is 2.49. The number of nitrogens with zero attached hydrogens (tertiary/aromatic N) is 1. The van der Waals surface area contributed by atoms with Crippen LogP contribution in [0.2, 0.25) is 0 Å². The van der Waals surface area contributed by atoms with Crippen LogP contribution < -0.4 is 10.2 Å². The number of thiophene rings is 1. The first-order valence-corrected chi connectivity index (χ1v) is 9.25. The van der Waals surface area contributed by atoms with Crippen molar-refractivity contribution in [1.29, 1.82) is 0 Å². The molecule has 1 amide bonds. The van der Waals surface area contributed by atoms with Crippen LogP contribution in [0.25, 0.3) is 11.0 Å². The van der Waals surface area contributed by atoms with Crippen molar-refractivity contribution in [3.63, 3.8) is 0 Å². The number of rotatable bonds is 5. The Kier molecular flexibility index (Phi) is 4.99. The third-order valence-corrected chi connectivity index (χ3v) is 4.69. The molecule has 6 nitrogen and oxygen atoms in total. The second-order valence-corrected chi connectivity index (χ2v) is 6.73. The molecule has 4 rings (SSSR count). The van der Waals surface area contributed by atoms with Crippen molar-refractivity contribution < 1.29 is 18.7 Å². The van der Waals surface area contributed by atoms with Gasteiger partial charge in [0.15, 0.2) is 5.76 Å². The highest BCUT2D eigenvalue weighted by Crippen LogP contribution is 2.19. The van der Waals surface area contributed by atoms with Crippen LogP contribution >= 0.6 is 11.3 Å². The summed E-state index contributed by atoms with van der Waals surface area (Å²) in [6, 6.07) is 19.3. The summed E-state index contributed by atoms with van der Waals surface area (Å²) in [5.74, 6) is -0.209. The van der Waals surface area contributed by atoms with Gasteiger partial charge >= 0.3 is 11.9 Å². The maximum atomic E-state index is 12.1. The molecule has 4 aromatic rings. The Labute approximate surface area is 164 Å². The second kappa shape index (κ2) is 7.89. The van der Waals surface area contributed by atoms with E-state index in [0.29, 0.717) is 16.2 Å². The largest absolute Gasteiger partial charge is 0.451 e. The van der Waals surface area contributed by atoms with Gasteiger partial charge in [-0.05, 0) is 53.4 Å². The van der Waals surface area contributed by atoms with Gasteiger partial charge in [-0.2, -0.15) is 5.10 Å². The summed E-state index contributed by atoms with van der Waals surface area (Å²) < 4.78 is 10.8. The lowest BCUT2D eigenvalue weighted by molar-refractivity contribution is 0.0739. The van der Waals surface area contributed by atoms with Crippen LogP contribution in [0.3, 0.4) is 0 Å². The number of furan rings is 1. The highest BCUT2D eigenvalue weighted by molar-refractivity contribution is 7.12. The highest BCUT2D eigenvalue weighted by atomic mass is 32.1. The van der Waals surface area contributed by atoms with E-state index in [1.807, 2.05) is 23.6 Å². The number of hydrogen-bond acceptors (Lipinski definition) is 6. The highest BCUT2D eigenvalue weighted by Gasteiger charge is 2.11. The first kappa shape index (κ1) is 17.7. The Balaban J connectivity index is 1.35. The quantitative estimate of drug-likeness (QED) is 0.236. The monoisotopic (exact) mass is 390 g/mol. The number of para-hydroxylation sites is 1. The topological polar surface area (TPSA) is 80.9 Å². The summed E-state index contributed by atoms with van der Waals surface area (Å²) in [4.78, 5) is 24.6. The molecule has 0 radical (unpaired) electrons. The summed E-state index contributed by atoms with van der Waals surface area (Å²) in [7, 11) is 0. The third-order valence-electron chi connectivity index (χ3n) is 3.84. The van der Waals surface area contributed by atoms with Crippen LogP contribution in [0.1, 0.15) is 25.8 Å². The lowest BCUT2D eigenvalue weighted by Gasteiger charge is -2.02. The fraction of sp³-hybridized carbons (Fsp3) is 0. The van der Waals surface area contributed by atoms with Gasteiger partial charge in [0.2, 0.25) is 0 Å². The molecular formula is C21H14N2O4S. The number of ether oxygens (including phenoxy) is 1. The van der Waals surface area contributed by atoms with Gasteiger partial charge in [0.25, 0.3) is 0 Å². The van der Waals surface area contributed by atoms with E-state index in [9.17, 15) is 9.59 Å². The maximum Gasteiger partial charge on any atom is 0.353 e. The lowest BCUT2D eigenvalue weighted by Crippen LogP contribution is -2.16. The Hall–Kier alpha value is -3.71. The minimum Gasteiger partial charge on any atom is -0.451 e. The van der Waals surface area contributed by atoms with E-state index in [-0.39, 0.29) is 5.76 Å². The number of carbonyl (C=O) groups is 2. The van der Waals surface area contributed by atoms with E-state index < -0.39 is 11.9 Å². The van der Waals surface area contributed by atoms with Crippen LogP contribution in [0.4, 0.5) is 0 Å². The molecule has 2 heterocycles. The van der Waals surface area contributed by atoms with Crippen LogP contribution in [-0.2, 0) is 0 Å². The predicted octanol–water partition coefficient (Wildman–Crippen LogP) is 4.48. The summed E-state index contributed by atoms with van der Waals surface area (Å²) in [5, 5.41) is 6.60. The molecule has 2 aromatic carbocycles. The van der Waals surface area contributed by atoms with Gasteiger partial charge in [0.1, 0.15) is 16.2 Å². The summed E-state index contributed by atoms with van der Waals surface area (Å²) in [6.45, 7) is 0. The van der Waals surface area contributed by atoms with Gasteiger partial charge < -0.3 is 9.15 Å². The number of carbonyl (C=O) groups excluding carboxylic acids is 2. The van der Waals surface area contributed by atoms with Crippen LogP contribution in [-0.4, -0.2) is 18.1 Å². The molecule has 138 valence electrons. The van der Waals surface area contributed by atoms with Gasteiger partial charge in [0.05, 0.1) is 6.21 Å². The van der Waals surface area contributed by atoms with E-state index in [0.717, 1.165) is 10.9 Å². The van der Waals surface area contributed by atoms with Gasteiger partial charge in [-0.1, -0.05) is 24.3 Å². The predicted molar refractivity (Wildman–Crippen MR) is 107 cm³/mol. The molecule has 2 aromatic heterocycles. The van der Waals surface area contributed by atoms with Crippen molar-refractivity contribution in [2.45, 2.75) is 0 Å². The standard InChI is InChI=1S/C21H14N2O4S/c24-20(18-12-15-4-1-2-5-17(15)27-18)23-22-13-14-7-9-16(10-8-14)26-21(25)19-6-3-11-28-19/h1-13H,(H,23,24). The second-order valence-electron chi connectivity index (χ2n) is 5.78. The summed E-state index contributed by atoms with van der Waals surface area (Å²) in [5.41, 5.74) is 3.81. The number of esters is 1. The Morgan fingerprint density at radius 3 is 2.61 bits per heavy atom. The minimum absolute atomic E-state index is 0.189. The van der Waals surface area contributed by atoms with Crippen molar-refractivity contribution in [1.82, 2.24) is 5.43 Å². The maximum absolute atomic E-state index is 12.1. The minimum atomic E-state index is -0.436. The zero-order chi connectivity index (χ0) is 19.3. The molecule has 1 N–H and O–H groups in total. The fourth-order valence-corrected chi connectivity index (χ4v) is 3.09. The molecule has 0 aliphatic carbocycles. The average molecular weight is 390 g/mol. The van der Waals surface area contributed by atoms with Gasteiger partial charge in [0, 0.05) is 5.39 Å². The van der Waals surface area contributed by atoms with E-state index in [4.69, 9.17) is 9.15 Å². The van der Waals surface area contributed by atoms with Crippen molar-refractivity contribution >= 4 is 40.4 Å². The van der Waals surface area contributed by atoms with Crippen molar-refractivity contribution in [3.8, 4) is 5.75 Å². The first-order valence-electron chi connectivity index (χ1n) is 8.37. The molecule has 28 heavy (non-hydrogen) atoms. The van der Waals surface area contributed by atoms with Gasteiger partial charge in [-0.3, -0.25) is 4.79 Å². The van der Waals surface area contributed by atoms with Crippen molar-refractivity contribution in [2.24, 2.45) is 5.10 Å². The van der Waals surface area contributed by atoms with E-state index in [1.165, 1.54) is 17.6 Å². The molecular weight excluding hydrogens is 376 g/mol. The van der Waals surface area contributed by atoms with E-state index in [1.54, 1.807) is 48.5 Å². The number of amides is 1. The van der Waals surface area contributed by atoms with Crippen molar-refractivity contribution in [3.05, 3.63) is 88.3 Å². The molecule has 0 saturated carbocycles. The van der Waals surface area contributed by atoms with Crippen LogP contribution in [0, 0.1) is 0 Å². The molecule has 0 saturated heterocycles. The molecule has 0 aliphatic heterocycles. The summed E-state index contributed by atoms with van der Waals surface area (Å²) in [6.07, 6.45) is 1.49. The van der Waals surface area contributed by atoms with E-state index >= 15 is 0 Å². The van der Waals surface area contributed by atoms with Crippen LogP contribution in [0.15, 0.2) is 81.6 Å². The normalized spacial score (nSPS) is 11.0. The Morgan fingerprint density at radius 1 is 1.04 bits per heavy atom. The molecule has 0 aliphatic rings. The number of fused-ring (bicyclic) bond motifs is 1. The molecule has 7 heteroatoms. The smallest absolute Gasteiger partial charge is 0.353 e. The molecule has 0 atom stereocenters. The molecule has 0 unspecified atom stereocenters. The third kappa shape index (κ3) is 3.99. The zero-order valence-corrected chi connectivity index (χ0v) is 15.3. The molecule has 0 bridgehead atoms. The number of benzene rings is 2. The van der Waals surface area contributed by atoms with Gasteiger partial charge in [-0.15, -0.1) is 11.3 Å². The Morgan fingerprint density at radius 2 is 1.86 bits per heavy atom. The number of nitrogens with one attached hydrogen (secondary N) is 1. The number of hydrogen-bond donors (Lipinski definition) is 1. The zero-order valence-electron chi connectivity index (χ0n) is 14.5. The SMILES string of the molecule is O=C(NN=Cc1ccc(OC(=O)c2cccs2)cc1)c1cc2ccccc2o1. The average Bonchev–Trinajstić information content (AvgIpc) is 3.39. The molecule has 0 fully saturated rings. The van der Waals surface area contributed by atoms with E-state index in [2.05, 4.69) is 10.5 Å². The van der Waals surface area contributed by atoms with Crippen LogP contribution in [0.5, 0.6) is 5.75 Å². The Bertz CT molecular complexity index is 1110. The van der Waals surface area contributed by atoms with Gasteiger partial charge in [-0.25, -0.2) is 10.2 Å². The first-order chi connectivity index (χ1) is 13.7. The molecule has 0 spiro atoms. The summed E-state index contributed by atoms with van der Waals surface area (Å²) >= 11 is 1.32.